The van der Waals surface area contributed by atoms with Crippen molar-refractivity contribution >= 4 is 35.8 Å². The van der Waals surface area contributed by atoms with Crippen LogP contribution in [0.2, 0.25) is 0 Å². The fourth-order valence-electron chi connectivity index (χ4n) is 2.77. The Morgan fingerprint density at radius 2 is 1.92 bits per heavy atom. The third-order valence-electron chi connectivity index (χ3n) is 3.92. The van der Waals surface area contributed by atoms with Gasteiger partial charge in [0, 0.05) is 38.7 Å². The van der Waals surface area contributed by atoms with Crippen molar-refractivity contribution in [3.8, 4) is 0 Å². The summed E-state index contributed by atoms with van der Waals surface area (Å²) in [7, 11) is 0. The summed E-state index contributed by atoms with van der Waals surface area (Å²) in [5.74, 6) is 0.835. The summed E-state index contributed by atoms with van der Waals surface area (Å²) in [5.41, 5.74) is 0. The molecule has 1 aliphatic carbocycles. The molecule has 0 aromatic carbocycles. The Kier molecular flexibility index (Phi) is 15.3. The van der Waals surface area contributed by atoms with Crippen molar-refractivity contribution in [2.45, 2.75) is 77.9 Å². The molecular weight excluding hydrogens is 431 g/mol. The van der Waals surface area contributed by atoms with Gasteiger partial charge in [0.1, 0.15) is 0 Å². The highest BCUT2D eigenvalue weighted by Gasteiger charge is 2.12. The lowest BCUT2D eigenvalue weighted by Gasteiger charge is -2.21. The molecule has 6 nitrogen and oxygen atoms in total. The van der Waals surface area contributed by atoms with E-state index < -0.39 is 0 Å². The second kappa shape index (κ2) is 15.7. The van der Waals surface area contributed by atoms with Crippen molar-refractivity contribution in [1.82, 2.24) is 16.0 Å². The largest absolute Gasteiger partial charge is 0.378 e. The van der Waals surface area contributed by atoms with Crippen LogP contribution in [0.4, 0.5) is 0 Å². The summed E-state index contributed by atoms with van der Waals surface area (Å²) < 4.78 is 5.91. The monoisotopic (exact) mass is 468 g/mol. The highest BCUT2D eigenvalue weighted by Crippen LogP contribution is 2.20. The van der Waals surface area contributed by atoms with Gasteiger partial charge in [-0.05, 0) is 40.0 Å². The molecule has 148 valence electrons. The molecule has 0 unspecified atom stereocenters. The van der Waals surface area contributed by atoms with E-state index in [1.807, 2.05) is 20.8 Å². The van der Waals surface area contributed by atoms with Crippen LogP contribution in [-0.4, -0.2) is 50.3 Å². The Labute approximate surface area is 170 Å². The lowest BCUT2D eigenvalue weighted by Crippen LogP contribution is -2.40. The fraction of sp³-hybridized carbons (Fsp3) is 0.889. The summed E-state index contributed by atoms with van der Waals surface area (Å²) in [4.78, 5) is 16.2. The maximum absolute atomic E-state index is 11.6. The van der Waals surface area contributed by atoms with Crippen LogP contribution in [-0.2, 0) is 9.53 Å². The Morgan fingerprint density at radius 1 is 1.20 bits per heavy atom. The van der Waals surface area contributed by atoms with Gasteiger partial charge in [0.15, 0.2) is 5.96 Å². The molecule has 7 heteroatoms. The van der Waals surface area contributed by atoms with Crippen LogP contribution in [0.15, 0.2) is 4.99 Å². The SMILES string of the molecule is CCNC(=NCCCOC1CCCCC1)NCCC(=O)NC(C)C.I. The zero-order chi connectivity index (χ0) is 17.6. The lowest BCUT2D eigenvalue weighted by molar-refractivity contribution is -0.121. The van der Waals surface area contributed by atoms with Crippen LogP contribution in [0, 0.1) is 0 Å². The molecule has 0 atom stereocenters. The summed E-state index contributed by atoms with van der Waals surface area (Å²) in [6, 6.07) is 0.184. The second-order valence-electron chi connectivity index (χ2n) is 6.64. The minimum absolute atomic E-state index is 0. The van der Waals surface area contributed by atoms with Crippen molar-refractivity contribution in [2.75, 3.05) is 26.2 Å². The van der Waals surface area contributed by atoms with Crippen molar-refractivity contribution in [3.05, 3.63) is 0 Å². The number of ether oxygens (including phenoxy) is 1. The molecule has 0 aliphatic heterocycles. The summed E-state index contributed by atoms with van der Waals surface area (Å²) in [6.45, 7) is 8.88. The number of carbonyl (C=O) groups is 1. The van der Waals surface area contributed by atoms with E-state index in [0.29, 0.717) is 19.1 Å². The first-order valence-electron chi connectivity index (χ1n) is 9.55. The van der Waals surface area contributed by atoms with E-state index in [2.05, 4.69) is 20.9 Å². The first-order valence-corrected chi connectivity index (χ1v) is 9.55. The lowest BCUT2D eigenvalue weighted by atomic mass is 9.98. The van der Waals surface area contributed by atoms with Crippen LogP contribution < -0.4 is 16.0 Å². The minimum atomic E-state index is 0. The molecule has 1 fully saturated rings. The normalized spacial score (nSPS) is 15.6. The van der Waals surface area contributed by atoms with E-state index in [-0.39, 0.29) is 35.9 Å². The number of carbonyl (C=O) groups excluding carboxylic acids is 1. The maximum atomic E-state index is 11.6. The quantitative estimate of drug-likeness (QED) is 0.200. The van der Waals surface area contributed by atoms with Gasteiger partial charge in [0.2, 0.25) is 5.91 Å². The van der Waals surface area contributed by atoms with Crippen LogP contribution in [0.1, 0.15) is 65.7 Å². The highest BCUT2D eigenvalue weighted by molar-refractivity contribution is 14.0. The fourth-order valence-corrected chi connectivity index (χ4v) is 2.77. The first kappa shape index (κ1) is 24.4. The predicted molar refractivity (Wildman–Crippen MR) is 115 cm³/mol. The van der Waals surface area contributed by atoms with E-state index in [4.69, 9.17) is 4.74 Å². The van der Waals surface area contributed by atoms with Gasteiger partial charge in [-0.1, -0.05) is 19.3 Å². The molecule has 0 radical (unpaired) electrons. The van der Waals surface area contributed by atoms with Gasteiger partial charge in [0.05, 0.1) is 6.10 Å². The molecule has 0 spiro atoms. The van der Waals surface area contributed by atoms with Gasteiger partial charge in [-0.15, -0.1) is 24.0 Å². The number of nitrogens with one attached hydrogen (secondary N) is 3. The number of halogens is 1. The molecule has 0 aromatic heterocycles. The van der Waals surface area contributed by atoms with Crippen LogP contribution >= 0.6 is 24.0 Å². The summed E-state index contributed by atoms with van der Waals surface area (Å²) >= 11 is 0. The molecule has 0 heterocycles. The molecule has 1 saturated carbocycles. The van der Waals surface area contributed by atoms with Gasteiger partial charge >= 0.3 is 0 Å². The Morgan fingerprint density at radius 3 is 2.56 bits per heavy atom. The van der Waals surface area contributed by atoms with E-state index >= 15 is 0 Å². The molecule has 3 N–H and O–H groups in total. The van der Waals surface area contributed by atoms with Gasteiger partial charge < -0.3 is 20.7 Å². The van der Waals surface area contributed by atoms with E-state index in [1.165, 1.54) is 32.1 Å². The number of amides is 1. The summed E-state index contributed by atoms with van der Waals surface area (Å²) in [6.07, 6.45) is 8.25. The van der Waals surface area contributed by atoms with E-state index in [9.17, 15) is 4.79 Å². The van der Waals surface area contributed by atoms with Crippen molar-refractivity contribution in [2.24, 2.45) is 4.99 Å². The molecule has 1 aliphatic rings. The van der Waals surface area contributed by atoms with E-state index in [0.717, 1.165) is 32.1 Å². The van der Waals surface area contributed by atoms with Crippen LogP contribution in [0.3, 0.4) is 0 Å². The van der Waals surface area contributed by atoms with Gasteiger partial charge in [-0.3, -0.25) is 9.79 Å². The second-order valence-corrected chi connectivity index (χ2v) is 6.64. The van der Waals surface area contributed by atoms with Crippen molar-refractivity contribution in [1.29, 1.82) is 0 Å². The number of rotatable bonds is 10. The van der Waals surface area contributed by atoms with Gasteiger partial charge in [-0.25, -0.2) is 0 Å². The van der Waals surface area contributed by atoms with Gasteiger partial charge in [0.25, 0.3) is 0 Å². The van der Waals surface area contributed by atoms with Crippen molar-refractivity contribution in [3.63, 3.8) is 0 Å². The molecule has 0 bridgehead atoms. The average molecular weight is 468 g/mol. The smallest absolute Gasteiger partial charge is 0.221 e. The van der Waals surface area contributed by atoms with Crippen LogP contribution in [0.25, 0.3) is 0 Å². The van der Waals surface area contributed by atoms with E-state index in [1.54, 1.807) is 0 Å². The number of guanidine groups is 1. The molecule has 0 saturated heterocycles. The first-order chi connectivity index (χ1) is 11.6. The molecule has 25 heavy (non-hydrogen) atoms. The zero-order valence-electron chi connectivity index (χ0n) is 16.1. The Balaban J connectivity index is 0.00000576. The minimum Gasteiger partial charge on any atom is -0.378 e. The number of hydrogen-bond acceptors (Lipinski definition) is 3. The highest BCUT2D eigenvalue weighted by atomic mass is 127. The zero-order valence-corrected chi connectivity index (χ0v) is 18.4. The van der Waals surface area contributed by atoms with Crippen LogP contribution in [0.5, 0.6) is 0 Å². The molecular formula is C18H37IN4O2. The third kappa shape index (κ3) is 13.3. The summed E-state index contributed by atoms with van der Waals surface area (Å²) in [5, 5.41) is 9.29. The molecule has 1 amide bonds. The number of nitrogens with zero attached hydrogens (tertiary/aromatic N) is 1. The van der Waals surface area contributed by atoms with Gasteiger partial charge in [-0.2, -0.15) is 0 Å². The number of aliphatic imine (C=N–C) groups is 1. The number of hydrogen-bond donors (Lipinski definition) is 3. The molecule has 0 aromatic rings. The maximum Gasteiger partial charge on any atom is 0.221 e. The molecule has 1 rings (SSSR count). The Bertz CT molecular complexity index is 372. The standard InChI is InChI=1S/C18H36N4O2.HI/c1-4-19-18(21-13-11-17(23)22-15(2)3)20-12-8-14-24-16-9-6-5-7-10-16;/h15-16H,4-14H2,1-3H3,(H,22,23)(H2,19,20,21);1H. The third-order valence-corrected chi connectivity index (χ3v) is 3.92. The topological polar surface area (TPSA) is 74.8 Å². The Hall–Kier alpha value is -0.570. The average Bonchev–Trinajstić information content (AvgIpc) is 2.54. The van der Waals surface area contributed by atoms with Crippen molar-refractivity contribution < 1.29 is 9.53 Å². The predicted octanol–water partition coefficient (Wildman–Crippen LogP) is 2.81.